The Balaban J connectivity index is 0. The molecule has 0 aliphatic carbocycles. The summed E-state index contributed by atoms with van der Waals surface area (Å²) in [5.41, 5.74) is 5.05. The molecule has 0 saturated carbocycles. The number of rotatable bonds is 8. The van der Waals surface area contributed by atoms with Crippen molar-refractivity contribution in [2.75, 3.05) is 56.4 Å². The maximum absolute atomic E-state index is 3.69. The van der Waals surface area contributed by atoms with E-state index >= 15 is 0 Å². The van der Waals surface area contributed by atoms with Crippen LogP contribution in [0.1, 0.15) is 22.3 Å². The Morgan fingerprint density at radius 3 is 0.750 bits per heavy atom. The van der Waals surface area contributed by atoms with Crippen molar-refractivity contribution in [2.45, 2.75) is 26.2 Å². The van der Waals surface area contributed by atoms with E-state index in [1.807, 2.05) is 0 Å². The molecule has 0 aliphatic heterocycles. The Morgan fingerprint density at radius 2 is 0.625 bits per heavy atom. The summed E-state index contributed by atoms with van der Waals surface area (Å²) in [6, 6.07) is 7.37. The fourth-order valence-electron chi connectivity index (χ4n) is 2.47. The Hall–Kier alpha value is 0.255. The third-order valence-corrected chi connectivity index (χ3v) is 3.23. The van der Waals surface area contributed by atoms with Crippen LogP contribution in [0.2, 0.25) is 0 Å². The van der Waals surface area contributed by atoms with Crippen molar-refractivity contribution in [1.29, 1.82) is 0 Å². The molecular weight excluding hydrogens is 286 g/mol. The van der Waals surface area contributed by atoms with Gasteiger partial charge in [-0.2, -0.15) is 0 Å². The zero-order valence-corrected chi connectivity index (χ0v) is 17.6. The molecule has 6 heteroatoms. The van der Waals surface area contributed by atoms with Crippen LogP contribution in [0, 0.1) is 12.1 Å². The van der Waals surface area contributed by atoms with Gasteiger partial charge in [-0.15, -0.1) is 0 Å². The first-order valence-electron chi connectivity index (χ1n) is 7.76. The number of hydrogen-bond donors (Lipinski definition) is 0. The predicted octanol–water partition coefficient (Wildman–Crippen LogP) is -4.46. The molecule has 0 N–H and O–H groups in total. The van der Waals surface area contributed by atoms with Crippen molar-refractivity contribution in [2.24, 2.45) is 0 Å². The zero-order valence-electron chi connectivity index (χ0n) is 17.6. The Labute approximate surface area is 173 Å². The third kappa shape index (κ3) is 9.66. The second-order valence-corrected chi connectivity index (χ2v) is 7.12. The van der Waals surface area contributed by atoms with E-state index in [4.69, 9.17) is 0 Å². The first kappa shape index (κ1) is 26.5. The maximum atomic E-state index is 3.69. The molecular formula is C18H32Li2N4. The van der Waals surface area contributed by atoms with Gasteiger partial charge in [0, 0.05) is 0 Å². The van der Waals surface area contributed by atoms with Gasteiger partial charge in [-0.05, 0) is 82.6 Å². The van der Waals surface area contributed by atoms with Gasteiger partial charge >= 0.3 is 37.7 Å². The average molecular weight is 318 g/mol. The van der Waals surface area contributed by atoms with E-state index in [2.05, 4.69) is 88.1 Å². The summed E-state index contributed by atoms with van der Waals surface area (Å²) in [4.78, 5) is 8.79. The molecule has 0 saturated heterocycles. The van der Waals surface area contributed by atoms with Gasteiger partial charge in [-0.3, -0.25) is 22.3 Å². The van der Waals surface area contributed by atoms with Gasteiger partial charge in [0.15, 0.2) is 0 Å². The van der Waals surface area contributed by atoms with E-state index in [-0.39, 0.29) is 37.7 Å². The summed E-state index contributed by atoms with van der Waals surface area (Å²) in [6.45, 7) is 3.62. The minimum Gasteiger partial charge on any atom is -0.318 e. The van der Waals surface area contributed by atoms with Gasteiger partial charge in [0.2, 0.25) is 0 Å². The quantitative estimate of drug-likeness (QED) is 0.354. The second-order valence-electron chi connectivity index (χ2n) is 7.12. The first-order valence-corrected chi connectivity index (χ1v) is 7.76. The standard InChI is InChI=1S/C18H32N4.2Li/c1-19(2)11-15-9-17(13-21(5)6)18(14-22(7)8)10-16(15)12-20(3)4;;/h11-14H2,1-8H3;;/q-2;2*+1. The van der Waals surface area contributed by atoms with Gasteiger partial charge in [-0.1, -0.05) is 0 Å². The van der Waals surface area contributed by atoms with Crippen LogP contribution in [0.25, 0.3) is 0 Å². The maximum Gasteiger partial charge on any atom is 1.00 e. The van der Waals surface area contributed by atoms with Crippen molar-refractivity contribution >= 4 is 0 Å². The normalized spacial score (nSPS) is 11.2. The van der Waals surface area contributed by atoms with Crippen LogP contribution in [-0.2, 0) is 26.2 Å². The molecule has 0 amide bonds. The summed E-state index contributed by atoms with van der Waals surface area (Å²) in [7, 11) is 16.8. The molecule has 0 aliphatic rings. The van der Waals surface area contributed by atoms with Crippen LogP contribution in [-0.4, -0.2) is 76.0 Å². The molecule has 0 atom stereocenters. The third-order valence-electron chi connectivity index (χ3n) is 3.23. The summed E-state index contributed by atoms with van der Waals surface area (Å²) in [6.07, 6.45) is 0. The minimum atomic E-state index is 0. The van der Waals surface area contributed by atoms with Crippen molar-refractivity contribution in [3.05, 3.63) is 34.4 Å². The molecule has 4 nitrogen and oxygen atoms in total. The van der Waals surface area contributed by atoms with Gasteiger partial charge in [-0.25, -0.2) is 0 Å². The largest absolute Gasteiger partial charge is 1.00 e. The minimum absolute atomic E-state index is 0. The number of nitrogens with zero attached hydrogens (tertiary/aromatic N) is 4. The van der Waals surface area contributed by atoms with Crippen LogP contribution in [0.5, 0.6) is 0 Å². The first-order chi connectivity index (χ1) is 10.2. The molecule has 1 rings (SSSR count). The van der Waals surface area contributed by atoms with Gasteiger partial charge < -0.3 is 31.7 Å². The molecule has 0 fully saturated rings. The monoisotopic (exact) mass is 318 g/mol. The SMILES string of the molecule is CN(C)Cc1[c-]c(CN(C)C)c(CN(C)C)[c-]c1CN(C)C.[Li+].[Li+]. The fraction of sp³-hybridized carbons (Fsp3) is 0.667. The molecule has 1 aromatic rings. The van der Waals surface area contributed by atoms with E-state index in [9.17, 15) is 0 Å². The van der Waals surface area contributed by atoms with Crippen LogP contribution >= 0.6 is 0 Å². The summed E-state index contributed by atoms with van der Waals surface area (Å²) in [5, 5.41) is 0. The molecule has 126 valence electrons. The van der Waals surface area contributed by atoms with Crippen LogP contribution < -0.4 is 37.7 Å². The van der Waals surface area contributed by atoms with Gasteiger partial charge in [0.1, 0.15) is 0 Å². The van der Waals surface area contributed by atoms with E-state index in [1.165, 1.54) is 22.3 Å². The average Bonchev–Trinajstić information content (AvgIpc) is 2.31. The van der Waals surface area contributed by atoms with Crippen molar-refractivity contribution in [3.63, 3.8) is 0 Å². The number of benzene rings is 1. The molecule has 0 spiro atoms. The molecule has 1 aromatic carbocycles. The van der Waals surface area contributed by atoms with E-state index in [0.29, 0.717) is 0 Å². The summed E-state index contributed by atoms with van der Waals surface area (Å²) in [5.74, 6) is 0. The molecule has 0 radical (unpaired) electrons. The van der Waals surface area contributed by atoms with Gasteiger partial charge in [0.05, 0.1) is 0 Å². The predicted molar refractivity (Wildman–Crippen MR) is 93.7 cm³/mol. The van der Waals surface area contributed by atoms with E-state index in [1.54, 1.807) is 0 Å². The smallest absolute Gasteiger partial charge is 0.318 e. The Kier molecular flexibility index (Phi) is 13.9. The van der Waals surface area contributed by atoms with Crippen LogP contribution in [0.15, 0.2) is 0 Å². The summed E-state index contributed by atoms with van der Waals surface area (Å²) >= 11 is 0. The fourth-order valence-corrected chi connectivity index (χ4v) is 2.47. The summed E-state index contributed by atoms with van der Waals surface area (Å²) < 4.78 is 0. The topological polar surface area (TPSA) is 13.0 Å². The van der Waals surface area contributed by atoms with Crippen molar-refractivity contribution < 1.29 is 37.7 Å². The Morgan fingerprint density at radius 1 is 0.458 bits per heavy atom. The molecule has 0 aromatic heterocycles. The molecule has 0 heterocycles. The molecule has 0 bridgehead atoms. The molecule has 0 unspecified atom stereocenters. The van der Waals surface area contributed by atoms with Crippen LogP contribution in [0.3, 0.4) is 0 Å². The zero-order chi connectivity index (χ0) is 16.9. The second kappa shape index (κ2) is 12.6. The van der Waals surface area contributed by atoms with Crippen LogP contribution in [0.4, 0.5) is 0 Å². The van der Waals surface area contributed by atoms with E-state index in [0.717, 1.165) is 26.2 Å². The number of hydrogen-bond acceptors (Lipinski definition) is 4. The van der Waals surface area contributed by atoms with Crippen molar-refractivity contribution in [3.8, 4) is 0 Å². The van der Waals surface area contributed by atoms with Crippen molar-refractivity contribution in [1.82, 2.24) is 19.6 Å². The molecule has 24 heavy (non-hydrogen) atoms. The van der Waals surface area contributed by atoms with Gasteiger partial charge in [0.25, 0.3) is 0 Å². The Bertz CT molecular complexity index is 392. The van der Waals surface area contributed by atoms with E-state index < -0.39 is 0 Å².